The topological polar surface area (TPSA) is 0 Å². The number of allylic oxidation sites excluding steroid dienone is 6. The Kier molecular flexibility index (Phi) is 7.72. The van der Waals surface area contributed by atoms with Crippen LogP contribution in [0.25, 0.3) is 23.3 Å². The van der Waals surface area contributed by atoms with Crippen molar-refractivity contribution in [2.75, 3.05) is 0 Å². The fourth-order valence-corrected chi connectivity index (χ4v) is 25.9. The van der Waals surface area contributed by atoms with E-state index in [1.807, 2.05) is 12.1 Å². The van der Waals surface area contributed by atoms with E-state index in [2.05, 4.69) is 88.4 Å². The van der Waals surface area contributed by atoms with Gasteiger partial charge in [-0.15, -0.1) is 24.8 Å². The second-order valence-corrected chi connectivity index (χ2v) is 27.3. The summed E-state index contributed by atoms with van der Waals surface area (Å²) in [5.74, 6) is -0.576. The molecule has 0 saturated carbocycles. The van der Waals surface area contributed by atoms with E-state index in [1.54, 1.807) is 24.3 Å². The standard InChI is InChI=1S/C23H21.2C6H4F.C5H5.CH2.2ClH.Zr/c1-22(2)7-5-14-10-18-16(12-20(14)22)9-17-13-21-15(11-19(17)18)6-8-23(21,3)4;2*7-6-4-2-1-3-5-6;1-2-4-5-3-1;;;;/h5-7,10-13H,9H2,1-4H3;2*1-2,4-5H;1-3H,4H2;1H2;2*1H;. The average molecular weight is 731 g/mol. The SMILES string of the molecule is Cl.Cl.[CH2]=[Zr]([C]1=CC=CC1)([C]1=Cc2cc3c(cc2C1(C)C)Cc1cc2c(cc1-3)C=CC2(C)C)([c]1cccc(F)c1)[c]1cccc(F)c1. The normalized spacial score (nSPS) is 17.7. The Morgan fingerprint density at radius 2 is 1.33 bits per heavy atom. The van der Waals surface area contributed by atoms with Crippen molar-refractivity contribution in [3.63, 3.8) is 0 Å². The van der Waals surface area contributed by atoms with E-state index in [0.717, 1.165) is 19.4 Å². The number of rotatable bonds is 4. The average Bonchev–Trinajstić information content (AvgIpc) is 3.77. The van der Waals surface area contributed by atoms with Gasteiger partial charge in [0.1, 0.15) is 0 Å². The Morgan fingerprint density at radius 3 is 1.89 bits per heavy atom. The molecule has 0 nitrogen and oxygen atoms in total. The number of hydrogen-bond donors (Lipinski definition) is 0. The fraction of sp³-hybridized carbons (Fsp3) is 0.195. The van der Waals surface area contributed by atoms with Crippen LogP contribution in [0.15, 0.2) is 104 Å². The van der Waals surface area contributed by atoms with E-state index < -0.39 is 23.7 Å². The summed E-state index contributed by atoms with van der Waals surface area (Å²) in [7, 11) is 0. The van der Waals surface area contributed by atoms with Crippen LogP contribution >= 0.6 is 24.8 Å². The van der Waals surface area contributed by atoms with E-state index >= 15 is 8.78 Å². The van der Waals surface area contributed by atoms with Crippen LogP contribution in [0.3, 0.4) is 0 Å². The molecule has 4 aliphatic carbocycles. The fourth-order valence-electron chi connectivity index (χ4n) is 8.94. The molecule has 0 N–H and O–H groups in total. The van der Waals surface area contributed by atoms with Crippen molar-refractivity contribution in [3.05, 3.63) is 149 Å². The molecule has 46 heavy (non-hydrogen) atoms. The van der Waals surface area contributed by atoms with E-state index in [9.17, 15) is 0 Å². The quantitative estimate of drug-likeness (QED) is 0.173. The van der Waals surface area contributed by atoms with Crippen molar-refractivity contribution in [3.8, 4) is 11.1 Å². The van der Waals surface area contributed by atoms with Crippen molar-refractivity contribution in [2.24, 2.45) is 0 Å². The van der Waals surface area contributed by atoms with Crippen molar-refractivity contribution >= 4 is 47.7 Å². The monoisotopic (exact) mass is 728 g/mol. The van der Waals surface area contributed by atoms with Gasteiger partial charge in [-0.3, -0.25) is 0 Å². The Balaban J connectivity index is 0.00000186. The summed E-state index contributed by atoms with van der Waals surface area (Å²) in [6.45, 7) is 9.15. The first-order chi connectivity index (χ1) is 20.9. The van der Waals surface area contributed by atoms with Crippen LogP contribution < -0.4 is 6.54 Å². The van der Waals surface area contributed by atoms with E-state index in [0.29, 0.717) is 0 Å². The molecule has 0 spiro atoms. The van der Waals surface area contributed by atoms with E-state index in [4.69, 9.17) is 4.21 Å². The Hall–Kier alpha value is -2.97. The summed E-state index contributed by atoms with van der Waals surface area (Å²) in [5, 5.41) is 0. The van der Waals surface area contributed by atoms with Crippen molar-refractivity contribution < 1.29 is 27.1 Å². The van der Waals surface area contributed by atoms with Crippen LogP contribution in [0.4, 0.5) is 8.78 Å². The van der Waals surface area contributed by atoms with Crippen molar-refractivity contribution in [1.82, 2.24) is 0 Å². The first kappa shape index (κ1) is 33.0. The van der Waals surface area contributed by atoms with Crippen LogP contribution in [-0.4, -0.2) is 4.21 Å². The minimum atomic E-state index is -5.15. The molecule has 5 heteroatoms. The second-order valence-electron chi connectivity index (χ2n) is 14.4. The van der Waals surface area contributed by atoms with Crippen molar-refractivity contribution in [2.45, 2.75) is 51.4 Å². The third-order valence-corrected chi connectivity index (χ3v) is 28.2. The van der Waals surface area contributed by atoms with Gasteiger partial charge in [-0.25, -0.2) is 0 Å². The Labute approximate surface area is 284 Å². The minimum absolute atomic E-state index is 0. The Bertz CT molecular complexity index is 2110. The number of fused-ring (bicyclic) bond motifs is 5. The molecule has 4 aromatic rings. The van der Waals surface area contributed by atoms with Crippen LogP contribution in [0.1, 0.15) is 67.5 Å². The van der Waals surface area contributed by atoms with Crippen LogP contribution in [0.2, 0.25) is 0 Å². The molecule has 4 aliphatic rings. The first-order valence-corrected chi connectivity index (χ1v) is 22.3. The molecule has 0 bridgehead atoms. The maximum atomic E-state index is 15.2. The molecule has 4 aromatic carbocycles. The summed E-state index contributed by atoms with van der Waals surface area (Å²) < 4.78 is 40.0. The molecule has 0 atom stereocenters. The molecule has 0 aromatic heterocycles. The molecule has 0 heterocycles. The van der Waals surface area contributed by atoms with Crippen molar-refractivity contribution in [1.29, 1.82) is 0 Å². The van der Waals surface area contributed by atoms with Gasteiger partial charge in [-0.1, -0.05) is 0 Å². The third-order valence-electron chi connectivity index (χ3n) is 11.2. The molecule has 0 saturated heterocycles. The Morgan fingerprint density at radius 1 is 0.739 bits per heavy atom. The zero-order valence-corrected chi connectivity index (χ0v) is 30.7. The maximum absolute atomic E-state index is 15.2. The molecule has 0 amide bonds. The number of hydrogen-bond acceptors (Lipinski definition) is 0. The van der Waals surface area contributed by atoms with Gasteiger partial charge in [-0.2, -0.15) is 0 Å². The van der Waals surface area contributed by atoms with Gasteiger partial charge in [0.2, 0.25) is 0 Å². The van der Waals surface area contributed by atoms with Gasteiger partial charge in [0, 0.05) is 0 Å². The summed E-state index contributed by atoms with van der Waals surface area (Å²) in [6, 6.07) is 23.6. The molecular formula is C41H38Cl2F2Zr. The molecule has 8 rings (SSSR count). The van der Waals surface area contributed by atoms with Gasteiger partial charge in [0.25, 0.3) is 0 Å². The van der Waals surface area contributed by atoms with Crippen LogP contribution in [0, 0.1) is 11.6 Å². The van der Waals surface area contributed by atoms with E-state index in [-0.39, 0.29) is 41.9 Å². The number of benzene rings is 4. The van der Waals surface area contributed by atoms with Crippen LogP contribution in [0.5, 0.6) is 0 Å². The van der Waals surface area contributed by atoms with Gasteiger partial charge < -0.3 is 0 Å². The molecule has 0 radical (unpaired) electrons. The predicted octanol–water partition coefficient (Wildman–Crippen LogP) is 9.93. The second kappa shape index (κ2) is 10.8. The van der Waals surface area contributed by atoms with Gasteiger partial charge in [0.15, 0.2) is 0 Å². The zero-order valence-electron chi connectivity index (χ0n) is 26.6. The molecule has 0 aliphatic heterocycles. The molecule has 0 unspecified atom stereocenters. The first-order valence-electron chi connectivity index (χ1n) is 15.6. The third kappa shape index (κ3) is 4.27. The molecular weight excluding hydrogens is 693 g/mol. The molecule has 234 valence electrons. The summed E-state index contributed by atoms with van der Waals surface area (Å²) in [4.78, 5) is 0. The zero-order chi connectivity index (χ0) is 30.7. The van der Waals surface area contributed by atoms with Gasteiger partial charge >= 0.3 is 261 Å². The molecule has 0 fully saturated rings. The summed E-state index contributed by atoms with van der Waals surface area (Å²) >= 11 is -5.15. The van der Waals surface area contributed by atoms with Gasteiger partial charge in [-0.05, 0) is 0 Å². The summed E-state index contributed by atoms with van der Waals surface area (Å²) in [5.41, 5.74) is 10.2. The summed E-state index contributed by atoms with van der Waals surface area (Å²) in [6.07, 6.45) is 15.0. The van der Waals surface area contributed by atoms with E-state index in [1.165, 1.54) is 63.2 Å². The number of halogens is 4. The predicted molar refractivity (Wildman–Crippen MR) is 193 cm³/mol. The van der Waals surface area contributed by atoms with Crippen LogP contribution in [-0.2, 0) is 35.5 Å². The van der Waals surface area contributed by atoms with Gasteiger partial charge in [0.05, 0.1) is 0 Å².